The van der Waals surface area contributed by atoms with Gasteiger partial charge in [-0.15, -0.1) is 0 Å². The van der Waals surface area contributed by atoms with E-state index in [0.29, 0.717) is 0 Å². The Hall–Kier alpha value is -8.32. The summed E-state index contributed by atoms with van der Waals surface area (Å²) in [6.45, 7) is 4.77. The fourth-order valence-electron chi connectivity index (χ4n) is 11.4. The second-order valence-electron chi connectivity index (χ2n) is 18.7. The molecule has 0 fully saturated rings. The first-order valence-corrected chi connectivity index (χ1v) is 23.5. The van der Waals surface area contributed by atoms with E-state index in [1.807, 2.05) is 0 Å². The molecule has 0 N–H and O–H groups in total. The monoisotopic (exact) mass is 850 g/mol. The highest BCUT2D eigenvalue weighted by Gasteiger charge is 2.35. The summed E-state index contributed by atoms with van der Waals surface area (Å²) in [5, 5.41) is 7.63. The highest BCUT2D eigenvalue weighted by Crippen LogP contribution is 2.52. The van der Waals surface area contributed by atoms with Crippen LogP contribution < -0.4 is 0 Å². The molecule has 0 radical (unpaired) electrons. The lowest BCUT2D eigenvalue weighted by atomic mass is 9.79. The van der Waals surface area contributed by atoms with Crippen LogP contribution in [0.5, 0.6) is 0 Å². The Morgan fingerprint density at radius 1 is 0.224 bits per heavy atom. The molecule has 1 aliphatic rings. The Labute approximate surface area is 392 Å². The van der Waals surface area contributed by atoms with Gasteiger partial charge in [0.2, 0.25) is 0 Å². The minimum Gasteiger partial charge on any atom is -0.0622 e. The Bertz CT molecular complexity index is 3840. The summed E-state index contributed by atoms with van der Waals surface area (Å²) < 4.78 is 0. The minimum absolute atomic E-state index is 0.126. The molecule has 314 valence electrons. The van der Waals surface area contributed by atoms with E-state index < -0.39 is 0 Å². The molecule has 12 aromatic rings. The van der Waals surface area contributed by atoms with Crippen molar-refractivity contribution < 1.29 is 0 Å². The first-order valence-electron chi connectivity index (χ1n) is 23.5. The van der Waals surface area contributed by atoms with Gasteiger partial charge in [0.05, 0.1) is 0 Å². The molecule has 0 unspecified atom stereocenters. The van der Waals surface area contributed by atoms with Gasteiger partial charge in [0.15, 0.2) is 0 Å². The molecule has 0 heteroatoms. The van der Waals surface area contributed by atoms with E-state index in [1.165, 1.54) is 132 Å². The maximum Gasteiger partial charge on any atom is 0.0159 e. The lowest BCUT2D eigenvalue weighted by molar-refractivity contribution is 0.660. The highest BCUT2D eigenvalue weighted by molar-refractivity contribution is 6.30. The molecular weight excluding hydrogens is 805 g/mol. The van der Waals surface area contributed by atoms with Gasteiger partial charge in [-0.2, -0.15) is 0 Å². The van der Waals surface area contributed by atoms with E-state index in [9.17, 15) is 0 Å². The molecule has 12 aromatic carbocycles. The lowest BCUT2D eigenvalue weighted by Crippen LogP contribution is -2.14. The van der Waals surface area contributed by atoms with Gasteiger partial charge in [0, 0.05) is 5.41 Å². The van der Waals surface area contributed by atoms with Gasteiger partial charge in [-0.3, -0.25) is 0 Å². The number of hydrogen-bond donors (Lipinski definition) is 0. The number of hydrogen-bond acceptors (Lipinski definition) is 0. The molecule has 0 atom stereocenters. The number of rotatable bonds is 7. The molecule has 0 aromatic heterocycles. The normalized spacial score (nSPS) is 12.7. The van der Waals surface area contributed by atoms with Crippen molar-refractivity contribution in [2.75, 3.05) is 0 Å². The summed E-state index contributed by atoms with van der Waals surface area (Å²) in [4.78, 5) is 0. The predicted molar refractivity (Wildman–Crippen MR) is 286 cm³/mol. The van der Waals surface area contributed by atoms with Crippen LogP contribution in [0.4, 0.5) is 0 Å². The predicted octanol–water partition coefficient (Wildman–Crippen LogP) is 18.6. The van der Waals surface area contributed by atoms with Gasteiger partial charge in [0.1, 0.15) is 0 Å². The second kappa shape index (κ2) is 15.4. The van der Waals surface area contributed by atoms with Crippen LogP contribution in [-0.2, 0) is 5.41 Å². The van der Waals surface area contributed by atoms with Gasteiger partial charge < -0.3 is 0 Å². The maximum absolute atomic E-state index is 2.51. The summed E-state index contributed by atoms with van der Waals surface area (Å²) >= 11 is 0. The molecule has 67 heavy (non-hydrogen) atoms. The van der Waals surface area contributed by atoms with Crippen LogP contribution in [0.25, 0.3) is 121 Å². The van der Waals surface area contributed by atoms with Crippen molar-refractivity contribution in [2.45, 2.75) is 19.3 Å². The van der Waals surface area contributed by atoms with Crippen LogP contribution in [0.3, 0.4) is 0 Å². The van der Waals surface area contributed by atoms with Gasteiger partial charge in [-0.1, -0.05) is 232 Å². The van der Waals surface area contributed by atoms with Crippen LogP contribution >= 0.6 is 0 Å². The van der Waals surface area contributed by atoms with E-state index in [1.54, 1.807) is 0 Å². The van der Waals surface area contributed by atoms with Crippen molar-refractivity contribution >= 4 is 32.3 Å². The summed E-state index contributed by atoms with van der Waals surface area (Å²) in [7, 11) is 0. The average Bonchev–Trinajstić information content (AvgIpc) is 3.63. The van der Waals surface area contributed by atoms with Gasteiger partial charge >= 0.3 is 0 Å². The third-order valence-corrected chi connectivity index (χ3v) is 14.7. The molecule has 1 aliphatic carbocycles. The van der Waals surface area contributed by atoms with Gasteiger partial charge in [-0.05, 0) is 157 Å². The van der Waals surface area contributed by atoms with E-state index in [0.717, 1.165) is 0 Å². The summed E-state index contributed by atoms with van der Waals surface area (Å²) in [6, 6.07) is 90.4. The van der Waals surface area contributed by atoms with Crippen LogP contribution in [0.2, 0.25) is 0 Å². The first kappa shape index (κ1) is 39.1. The Balaban J connectivity index is 1.13. The molecule has 0 spiro atoms. The summed E-state index contributed by atoms with van der Waals surface area (Å²) in [6.07, 6.45) is 0. The number of fused-ring (bicyclic) bond motifs is 3. The SMILES string of the molecule is CC1(C)c2ccccc2-c2ccc(-c3cc(-c4cc(-c5ccccc5)ccc4-c4ccccc4)c4ccc5ccc(-c6cc(-c7ccccc7)ccc6-c6ccccc6)c6ccc3c4c56)cc21. The van der Waals surface area contributed by atoms with Crippen molar-refractivity contribution in [3.63, 3.8) is 0 Å². The maximum atomic E-state index is 2.51. The third-order valence-electron chi connectivity index (χ3n) is 14.7. The van der Waals surface area contributed by atoms with E-state index in [4.69, 9.17) is 0 Å². The smallest absolute Gasteiger partial charge is 0.0159 e. The zero-order valence-corrected chi connectivity index (χ0v) is 37.6. The molecule has 0 saturated heterocycles. The molecular formula is C67H46. The zero-order chi connectivity index (χ0) is 44.6. The lowest BCUT2D eigenvalue weighted by Gasteiger charge is -2.24. The van der Waals surface area contributed by atoms with Crippen molar-refractivity contribution in [1.29, 1.82) is 0 Å². The topological polar surface area (TPSA) is 0 Å². The molecule has 0 heterocycles. The van der Waals surface area contributed by atoms with E-state index >= 15 is 0 Å². The standard InChI is InChI=1S/C67H46/c1-67(2)63-26-16-15-25-54(63)55-35-31-50(41-64(55)67)59-42-62(61-40-49(44-19-9-4-10-20-44)30-33-52(61)46-23-13-6-14-24-46)58-36-28-47-27-34-53(56-37-38-57(59)66(58)65(47)56)60-39-48(43-17-7-3-8-18-43)29-32-51(60)45-21-11-5-12-22-45/h3-42H,1-2H3. The van der Waals surface area contributed by atoms with Gasteiger partial charge in [0.25, 0.3) is 0 Å². The van der Waals surface area contributed by atoms with Crippen LogP contribution in [0.1, 0.15) is 25.0 Å². The van der Waals surface area contributed by atoms with Crippen molar-refractivity contribution in [1.82, 2.24) is 0 Å². The fraction of sp³-hybridized carbons (Fsp3) is 0.0448. The number of benzene rings is 12. The third kappa shape index (κ3) is 6.28. The van der Waals surface area contributed by atoms with Crippen molar-refractivity contribution in [2.24, 2.45) is 0 Å². The van der Waals surface area contributed by atoms with Crippen LogP contribution in [0, 0.1) is 0 Å². The van der Waals surface area contributed by atoms with E-state index in [-0.39, 0.29) is 5.41 Å². The van der Waals surface area contributed by atoms with Crippen molar-refractivity contribution in [3.05, 3.63) is 254 Å². The zero-order valence-electron chi connectivity index (χ0n) is 37.6. The first-order chi connectivity index (χ1) is 33.0. The molecule has 0 aliphatic heterocycles. The Morgan fingerprint density at radius 3 is 1.27 bits per heavy atom. The fourth-order valence-corrected chi connectivity index (χ4v) is 11.4. The summed E-state index contributed by atoms with van der Waals surface area (Å²) in [5.41, 5.74) is 22.4. The molecule has 0 amide bonds. The van der Waals surface area contributed by atoms with Crippen LogP contribution in [-0.4, -0.2) is 0 Å². The van der Waals surface area contributed by atoms with Gasteiger partial charge in [-0.25, -0.2) is 0 Å². The summed E-state index contributed by atoms with van der Waals surface area (Å²) in [5.74, 6) is 0. The van der Waals surface area contributed by atoms with E-state index in [2.05, 4.69) is 257 Å². The molecule has 0 bridgehead atoms. The average molecular weight is 851 g/mol. The van der Waals surface area contributed by atoms with Crippen LogP contribution in [0.15, 0.2) is 243 Å². The quantitative estimate of drug-likeness (QED) is 0.140. The highest BCUT2D eigenvalue weighted by atomic mass is 14.4. The van der Waals surface area contributed by atoms with Crippen molar-refractivity contribution in [3.8, 4) is 89.0 Å². The second-order valence-corrected chi connectivity index (χ2v) is 18.7. The Morgan fingerprint density at radius 2 is 0.657 bits per heavy atom. The molecule has 13 rings (SSSR count). The largest absolute Gasteiger partial charge is 0.0622 e. The molecule has 0 saturated carbocycles. The minimum atomic E-state index is -0.126. The Kier molecular flexibility index (Phi) is 8.98. The molecule has 0 nitrogen and oxygen atoms in total.